The quantitative estimate of drug-likeness (QED) is 0.910. The maximum absolute atomic E-state index is 13.4. The highest BCUT2D eigenvalue weighted by Gasteiger charge is 2.19. The highest BCUT2D eigenvalue weighted by atomic mass is 19.1. The van der Waals surface area contributed by atoms with Crippen LogP contribution in [0.1, 0.15) is 31.2 Å². The number of hydrogen-bond donors (Lipinski definition) is 2. The largest absolute Gasteiger partial charge is 0.351 e. The van der Waals surface area contributed by atoms with Crippen LogP contribution >= 0.6 is 0 Å². The van der Waals surface area contributed by atoms with E-state index in [1.54, 1.807) is 18.3 Å². The maximum atomic E-state index is 13.4. The van der Waals surface area contributed by atoms with Crippen LogP contribution in [0.4, 0.5) is 10.3 Å². The lowest BCUT2D eigenvalue weighted by Gasteiger charge is -2.26. The Kier molecular flexibility index (Phi) is 4.49. The molecule has 0 atom stereocenters. The summed E-state index contributed by atoms with van der Waals surface area (Å²) in [5.74, 6) is 0.0213. The highest BCUT2D eigenvalue weighted by Crippen LogP contribution is 2.23. The summed E-state index contributed by atoms with van der Waals surface area (Å²) in [5.41, 5.74) is 7.28. The van der Waals surface area contributed by atoms with Gasteiger partial charge in [0.15, 0.2) is 0 Å². The first-order valence-corrected chi connectivity index (χ1v) is 7.71. The summed E-state index contributed by atoms with van der Waals surface area (Å²) in [6, 6.07) is 8.61. The molecule has 1 aliphatic carbocycles. The smallest absolute Gasteiger partial charge is 0.223 e. The second kappa shape index (κ2) is 6.71. The summed E-state index contributed by atoms with van der Waals surface area (Å²) in [4.78, 5) is 8.72. The Labute approximate surface area is 134 Å². The van der Waals surface area contributed by atoms with E-state index in [-0.39, 0.29) is 5.56 Å². The molecule has 0 bridgehead atoms. The van der Waals surface area contributed by atoms with Crippen molar-refractivity contribution in [1.29, 1.82) is 5.26 Å². The zero-order chi connectivity index (χ0) is 16.2. The van der Waals surface area contributed by atoms with Crippen LogP contribution in [0.15, 0.2) is 30.5 Å². The summed E-state index contributed by atoms with van der Waals surface area (Å²) < 4.78 is 13.4. The lowest BCUT2D eigenvalue weighted by molar-refractivity contribution is 0.410. The van der Waals surface area contributed by atoms with Gasteiger partial charge in [0.05, 0.1) is 11.3 Å². The molecular formula is C17H18FN5. The number of nitrogens with one attached hydrogen (secondary N) is 1. The van der Waals surface area contributed by atoms with Gasteiger partial charge in [-0.1, -0.05) is 0 Å². The molecule has 1 saturated carbocycles. The van der Waals surface area contributed by atoms with E-state index in [9.17, 15) is 4.39 Å². The van der Waals surface area contributed by atoms with Crippen LogP contribution in [0.25, 0.3) is 11.3 Å². The summed E-state index contributed by atoms with van der Waals surface area (Å²) in [6.45, 7) is 0. The van der Waals surface area contributed by atoms with E-state index in [0.29, 0.717) is 29.3 Å². The number of rotatable bonds is 3. The molecule has 0 spiro atoms. The van der Waals surface area contributed by atoms with Gasteiger partial charge in [-0.3, -0.25) is 0 Å². The Hall–Kier alpha value is -2.52. The van der Waals surface area contributed by atoms with Crippen molar-refractivity contribution in [3.05, 3.63) is 41.8 Å². The second-order valence-corrected chi connectivity index (χ2v) is 5.83. The summed E-state index contributed by atoms with van der Waals surface area (Å²) in [5, 5.41) is 12.3. The van der Waals surface area contributed by atoms with Crippen LogP contribution in [0.2, 0.25) is 0 Å². The molecule has 1 heterocycles. The molecule has 23 heavy (non-hydrogen) atoms. The molecule has 0 radical (unpaired) electrons. The molecule has 0 aliphatic heterocycles. The van der Waals surface area contributed by atoms with Crippen LogP contribution in [-0.4, -0.2) is 22.1 Å². The van der Waals surface area contributed by atoms with Crippen LogP contribution in [0.3, 0.4) is 0 Å². The predicted octanol–water partition coefficient (Wildman–Crippen LogP) is 2.84. The molecule has 118 valence electrons. The first-order chi connectivity index (χ1) is 11.2. The SMILES string of the molecule is N#Cc1cc(-c2ccnc(NC3CCC(N)CC3)n2)ccc1F. The molecule has 2 aromatic rings. The Morgan fingerprint density at radius 3 is 2.74 bits per heavy atom. The number of nitriles is 1. The lowest BCUT2D eigenvalue weighted by Crippen LogP contribution is -2.33. The van der Waals surface area contributed by atoms with E-state index in [1.807, 2.05) is 6.07 Å². The highest BCUT2D eigenvalue weighted by molar-refractivity contribution is 5.62. The topological polar surface area (TPSA) is 87.6 Å². The van der Waals surface area contributed by atoms with Crippen LogP contribution < -0.4 is 11.1 Å². The summed E-state index contributed by atoms with van der Waals surface area (Å²) in [7, 11) is 0. The van der Waals surface area contributed by atoms with Crippen molar-refractivity contribution >= 4 is 5.95 Å². The van der Waals surface area contributed by atoms with Gasteiger partial charge in [0, 0.05) is 23.8 Å². The first kappa shape index (κ1) is 15.4. The van der Waals surface area contributed by atoms with Gasteiger partial charge in [0.2, 0.25) is 5.95 Å². The van der Waals surface area contributed by atoms with E-state index >= 15 is 0 Å². The molecule has 5 nitrogen and oxygen atoms in total. The fourth-order valence-corrected chi connectivity index (χ4v) is 2.81. The molecule has 0 saturated heterocycles. The minimum absolute atomic E-state index is 0.0110. The number of aromatic nitrogens is 2. The predicted molar refractivity (Wildman–Crippen MR) is 86.0 cm³/mol. The molecular weight excluding hydrogens is 293 g/mol. The van der Waals surface area contributed by atoms with Crippen molar-refractivity contribution in [2.24, 2.45) is 5.73 Å². The minimum atomic E-state index is -0.526. The first-order valence-electron chi connectivity index (χ1n) is 7.71. The summed E-state index contributed by atoms with van der Waals surface area (Å²) >= 11 is 0. The average molecular weight is 311 g/mol. The van der Waals surface area contributed by atoms with Gasteiger partial charge >= 0.3 is 0 Å². The molecule has 3 rings (SSSR count). The van der Waals surface area contributed by atoms with Gasteiger partial charge in [-0.25, -0.2) is 14.4 Å². The fraction of sp³-hybridized carbons (Fsp3) is 0.353. The molecule has 0 unspecified atom stereocenters. The number of hydrogen-bond acceptors (Lipinski definition) is 5. The molecule has 0 amide bonds. The standard InChI is InChI=1S/C17H18FN5/c18-15-6-1-11(9-12(15)10-19)16-7-8-21-17(23-16)22-14-4-2-13(20)3-5-14/h1,6-9,13-14H,2-5,20H2,(H,21,22,23). The number of nitrogens with two attached hydrogens (primary N) is 1. The van der Waals surface area contributed by atoms with Crippen molar-refractivity contribution < 1.29 is 4.39 Å². The van der Waals surface area contributed by atoms with E-state index < -0.39 is 5.82 Å². The number of benzene rings is 1. The molecule has 3 N–H and O–H groups in total. The zero-order valence-corrected chi connectivity index (χ0v) is 12.7. The minimum Gasteiger partial charge on any atom is -0.351 e. The molecule has 1 aromatic heterocycles. The van der Waals surface area contributed by atoms with E-state index in [0.717, 1.165) is 25.7 Å². The Morgan fingerprint density at radius 1 is 1.22 bits per heavy atom. The van der Waals surface area contributed by atoms with Crippen molar-refractivity contribution in [3.63, 3.8) is 0 Å². The lowest BCUT2D eigenvalue weighted by atomic mass is 9.92. The van der Waals surface area contributed by atoms with Crippen molar-refractivity contribution in [2.45, 2.75) is 37.8 Å². The number of anilines is 1. The van der Waals surface area contributed by atoms with Crippen LogP contribution in [0.5, 0.6) is 0 Å². The molecule has 1 fully saturated rings. The molecule has 6 heteroatoms. The third-order valence-corrected chi connectivity index (χ3v) is 4.14. The third-order valence-electron chi connectivity index (χ3n) is 4.14. The summed E-state index contributed by atoms with van der Waals surface area (Å²) in [6.07, 6.45) is 5.67. The van der Waals surface area contributed by atoms with Crippen LogP contribution in [-0.2, 0) is 0 Å². The van der Waals surface area contributed by atoms with Crippen LogP contribution in [0, 0.1) is 17.1 Å². The molecule has 1 aromatic carbocycles. The van der Waals surface area contributed by atoms with Crippen molar-refractivity contribution in [1.82, 2.24) is 9.97 Å². The van der Waals surface area contributed by atoms with Crippen molar-refractivity contribution in [2.75, 3.05) is 5.32 Å². The van der Waals surface area contributed by atoms with Gasteiger partial charge in [0.1, 0.15) is 11.9 Å². The van der Waals surface area contributed by atoms with E-state index in [4.69, 9.17) is 11.0 Å². The maximum Gasteiger partial charge on any atom is 0.223 e. The Bertz CT molecular complexity index is 732. The van der Waals surface area contributed by atoms with E-state index in [2.05, 4.69) is 15.3 Å². The normalized spacial score (nSPS) is 20.7. The van der Waals surface area contributed by atoms with Crippen molar-refractivity contribution in [3.8, 4) is 17.3 Å². The Balaban J connectivity index is 1.79. The number of nitrogens with zero attached hydrogens (tertiary/aromatic N) is 3. The van der Waals surface area contributed by atoms with Gasteiger partial charge in [-0.15, -0.1) is 0 Å². The molecule has 1 aliphatic rings. The van der Waals surface area contributed by atoms with E-state index in [1.165, 1.54) is 12.1 Å². The Morgan fingerprint density at radius 2 is 2.00 bits per heavy atom. The zero-order valence-electron chi connectivity index (χ0n) is 12.7. The van der Waals surface area contributed by atoms with Gasteiger partial charge in [0.25, 0.3) is 0 Å². The van der Waals surface area contributed by atoms with Gasteiger partial charge in [-0.2, -0.15) is 5.26 Å². The fourth-order valence-electron chi connectivity index (χ4n) is 2.81. The monoisotopic (exact) mass is 311 g/mol. The third kappa shape index (κ3) is 3.63. The second-order valence-electron chi connectivity index (χ2n) is 5.83. The number of halogens is 1. The average Bonchev–Trinajstić information content (AvgIpc) is 2.58. The van der Waals surface area contributed by atoms with Gasteiger partial charge in [-0.05, 0) is 49.9 Å². The van der Waals surface area contributed by atoms with Gasteiger partial charge < -0.3 is 11.1 Å².